The molecule has 0 aliphatic heterocycles. The quantitative estimate of drug-likeness (QED) is 0.542. The fraction of sp³-hybridized carbons (Fsp3) is 0.824. The summed E-state index contributed by atoms with van der Waals surface area (Å²) in [5.41, 5.74) is 1.36. The van der Waals surface area contributed by atoms with Crippen molar-refractivity contribution in [2.45, 2.75) is 71.8 Å². The molecular weight excluding hydrogens is 236 g/mol. The van der Waals surface area contributed by atoms with Crippen molar-refractivity contribution in [2.24, 2.45) is 17.3 Å². The Balaban J connectivity index is 2.26. The highest BCUT2D eigenvalue weighted by Gasteiger charge is 2.53. The molecule has 0 radical (unpaired) electrons. The maximum atomic E-state index is 11.5. The maximum absolute atomic E-state index is 11.5. The number of hydrogen-bond donors (Lipinski definition) is 0. The van der Waals surface area contributed by atoms with E-state index in [1.807, 2.05) is 0 Å². The van der Waals surface area contributed by atoms with Crippen molar-refractivity contribution < 1.29 is 9.53 Å². The number of esters is 1. The van der Waals surface area contributed by atoms with E-state index in [1.54, 1.807) is 0 Å². The zero-order chi connectivity index (χ0) is 14.3. The molecule has 0 amide bonds. The van der Waals surface area contributed by atoms with Crippen LogP contribution in [0.2, 0.25) is 0 Å². The van der Waals surface area contributed by atoms with Crippen LogP contribution in [0.3, 0.4) is 0 Å². The monoisotopic (exact) mass is 264 g/mol. The standard InChI is InChI=1S/C17H28O2/c1-12(2)14-7-10-16(4)8-6-9-17(5,15(16)11-14)19-13(3)18/h14-15H,1,6-11H2,2-5H3/t14-,15-,16-,17-/m1/s1. The lowest BCUT2D eigenvalue weighted by molar-refractivity contribution is -0.181. The molecule has 0 N–H and O–H groups in total. The van der Waals surface area contributed by atoms with Gasteiger partial charge in [0.15, 0.2) is 0 Å². The van der Waals surface area contributed by atoms with Crippen molar-refractivity contribution in [3.05, 3.63) is 12.2 Å². The van der Waals surface area contributed by atoms with Crippen LogP contribution >= 0.6 is 0 Å². The second-order valence-electron chi connectivity index (χ2n) is 7.28. The Hall–Kier alpha value is -0.790. The number of carbonyl (C=O) groups is 1. The van der Waals surface area contributed by atoms with E-state index in [1.165, 1.54) is 38.2 Å². The van der Waals surface area contributed by atoms with Gasteiger partial charge in [0.25, 0.3) is 0 Å². The number of allylic oxidation sites excluding steroid dienone is 1. The third kappa shape index (κ3) is 2.73. The summed E-state index contributed by atoms with van der Waals surface area (Å²) in [6.45, 7) is 12.4. The first-order valence-electron chi connectivity index (χ1n) is 7.62. The number of fused-ring (bicyclic) bond motifs is 1. The Morgan fingerprint density at radius 1 is 1.21 bits per heavy atom. The molecule has 4 atom stereocenters. The third-order valence-corrected chi connectivity index (χ3v) is 5.66. The van der Waals surface area contributed by atoms with E-state index in [0.717, 1.165) is 12.8 Å². The van der Waals surface area contributed by atoms with Crippen LogP contribution < -0.4 is 0 Å². The van der Waals surface area contributed by atoms with Crippen molar-refractivity contribution in [3.8, 4) is 0 Å². The Kier molecular flexibility index (Phi) is 3.81. The fourth-order valence-electron chi connectivity index (χ4n) is 4.57. The van der Waals surface area contributed by atoms with Crippen molar-refractivity contribution in [1.82, 2.24) is 0 Å². The first kappa shape index (κ1) is 14.6. The first-order valence-corrected chi connectivity index (χ1v) is 7.62. The summed E-state index contributed by atoms with van der Waals surface area (Å²) in [6.07, 6.45) is 7.09. The largest absolute Gasteiger partial charge is 0.459 e. The molecule has 2 nitrogen and oxygen atoms in total. The predicted octanol–water partition coefficient (Wildman–Crippen LogP) is 4.49. The lowest BCUT2D eigenvalue weighted by atomic mass is 9.53. The molecule has 108 valence electrons. The van der Waals surface area contributed by atoms with Crippen molar-refractivity contribution in [3.63, 3.8) is 0 Å². The molecule has 0 heterocycles. The van der Waals surface area contributed by atoms with Crippen LogP contribution in [0.4, 0.5) is 0 Å². The Bertz CT molecular complexity index is 387. The molecular formula is C17H28O2. The number of hydrogen-bond acceptors (Lipinski definition) is 2. The highest BCUT2D eigenvalue weighted by atomic mass is 16.6. The molecule has 2 rings (SSSR count). The lowest BCUT2D eigenvalue weighted by Gasteiger charge is -2.55. The minimum absolute atomic E-state index is 0.135. The van der Waals surface area contributed by atoms with E-state index in [-0.39, 0.29) is 11.6 Å². The molecule has 0 bridgehead atoms. The molecule has 2 aliphatic rings. The summed E-state index contributed by atoms with van der Waals surface area (Å²) in [7, 11) is 0. The van der Waals surface area contributed by atoms with Crippen LogP contribution in [0.25, 0.3) is 0 Å². The van der Waals surface area contributed by atoms with Crippen LogP contribution in [0.1, 0.15) is 66.2 Å². The normalized spacial score (nSPS) is 42.3. The average molecular weight is 264 g/mol. The minimum Gasteiger partial charge on any atom is -0.459 e. The predicted molar refractivity (Wildman–Crippen MR) is 77.8 cm³/mol. The highest BCUT2D eigenvalue weighted by Crippen LogP contribution is 2.57. The van der Waals surface area contributed by atoms with Gasteiger partial charge in [-0.05, 0) is 63.7 Å². The molecule has 19 heavy (non-hydrogen) atoms. The summed E-state index contributed by atoms with van der Waals surface area (Å²) in [5.74, 6) is 0.948. The molecule has 2 aliphatic carbocycles. The fourth-order valence-corrected chi connectivity index (χ4v) is 4.57. The van der Waals surface area contributed by atoms with E-state index in [9.17, 15) is 4.79 Å². The molecule has 0 aromatic rings. The Morgan fingerprint density at radius 3 is 2.47 bits per heavy atom. The van der Waals surface area contributed by atoms with Crippen molar-refractivity contribution in [2.75, 3.05) is 0 Å². The first-order chi connectivity index (χ1) is 8.77. The van der Waals surface area contributed by atoms with Gasteiger partial charge in [0.1, 0.15) is 5.60 Å². The van der Waals surface area contributed by atoms with Gasteiger partial charge in [-0.1, -0.05) is 19.1 Å². The topological polar surface area (TPSA) is 26.3 Å². The summed E-state index contributed by atoms with van der Waals surface area (Å²) in [5, 5.41) is 0. The number of ether oxygens (including phenoxy) is 1. The van der Waals surface area contributed by atoms with Crippen molar-refractivity contribution in [1.29, 1.82) is 0 Å². The molecule has 0 saturated heterocycles. The van der Waals surface area contributed by atoms with E-state index >= 15 is 0 Å². The minimum atomic E-state index is -0.271. The van der Waals surface area contributed by atoms with E-state index in [4.69, 9.17) is 4.74 Å². The zero-order valence-electron chi connectivity index (χ0n) is 12.9. The van der Waals surface area contributed by atoms with Crippen LogP contribution in [-0.4, -0.2) is 11.6 Å². The summed E-state index contributed by atoms with van der Waals surface area (Å²) in [6, 6.07) is 0. The number of rotatable bonds is 2. The second kappa shape index (κ2) is 4.96. The van der Waals surface area contributed by atoms with Gasteiger partial charge in [0, 0.05) is 12.8 Å². The van der Waals surface area contributed by atoms with Gasteiger partial charge in [-0.15, -0.1) is 0 Å². The molecule has 0 aromatic carbocycles. The Labute approximate surface area is 117 Å². The van der Waals surface area contributed by atoms with E-state index in [2.05, 4.69) is 27.4 Å². The molecule has 2 heteroatoms. The highest BCUT2D eigenvalue weighted by molar-refractivity contribution is 5.66. The van der Waals surface area contributed by atoms with Gasteiger partial charge in [-0.3, -0.25) is 4.79 Å². The van der Waals surface area contributed by atoms with Gasteiger partial charge in [0.2, 0.25) is 0 Å². The second-order valence-corrected chi connectivity index (χ2v) is 7.28. The van der Waals surface area contributed by atoms with Gasteiger partial charge in [-0.2, -0.15) is 0 Å². The molecule has 0 unspecified atom stereocenters. The van der Waals surface area contributed by atoms with Crippen LogP contribution in [0.15, 0.2) is 12.2 Å². The molecule has 2 saturated carbocycles. The zero-order valence-corrected chi connectivity index (χ0v) is 12.9. The Morgan fingerprint density at radius 2 is 1.89 bits per heavy atom. The molecule has 2 fully saturated rings. The maximum Gasteiger partial charge on any atom is 0.303 e. The van der Waals surface area contributed by atoms with E-state index in [0.29, 0.717) is 17.3 Å². The van der Waals surface area contributed by atoms with Gasteiger partial charge in [-0.25, -0.2) is 0 Å². The van der Waals surface area contributed by atoms with E-state index < -0.39 is 0 Å². The van der Waals surface area contributed by atoms with Crippen LogP contribution in [-0.2, 0) is 9.53 Å². The summed E-state index contributed by atoms with van der Waals surface area (Å²) >= 11 is 0. The molecule has 0 aromatic heterocycles. The van der Waals surface area contributed by atoms with Crippen molar-refractivity contribution >= 4 is 5.97 Å². The van der Waals surface area contributed by atoms with Crippen LogP contribution in [0.5, 0.6) is 0 Å². The smallest absolute Gasteiger partial charge is 0.303 e. The van der Waals surface area contributed by atoms with Gasteiger partial charge in [0.05, 0.1) is 0 Å². The summed E-state index contributed by atoms with van der Waals surface area (Å²) in [4.78, 5) is 11.5. The number of carbonyl (C=O) groups excluding carboxylic acids is 1. The van der Waals surface area contributed by atoms with Crippen LogP contribution in [0, 0.1) is 17.3 Å². The van der Waals surface area contributed by atoms with Gasteiger partial charge < -0.3 is 4.74 Å². The molecule has 0 spiro atoms. The third-order valence-electron chi connectivity index (χ3n) is 5.66. The van der Waals surface area contributed by atoms with Gasteiger partial charge >= 0.3 is 5.97 Å². The average Bonchev–Trinajstić information content (AvgIpc) is 2.26. The SMILES string of the molecule is C=C(C)[C@@H]1CC[C@@]2(C)CCC[C@@](C)(OC(C)=O)[C@@H]2C1. The summed E-state index contributed by atoms with van der Waals surface area (Å²) < 4.78 is 5.77. The lowest BCUT2D eigenvalue weighted by Crippen LogP contribution is -2.53.